The van der Waals surface area contributed by atoms with Gasteiger partial charge in [0.1, 0.15) is 6.10 Å². The number of rotatable bonds is 3. The van der Waals surface area contributed by atoms with Gasteiger partial charge in [0.15, 0.2) is 0 Å². The van der Waals surface area contributed by atoms with Gasteiger partial charge in [-0.1, -0.05) is 36.4 Å². The smallest absolute Gasteiger partial charge is 0.313 e. The molecule has 0 spiro atoms. The van der Waals surface area contributed by atoms with Crippen molar-refractivity contribution in [2.45, 2.75) is 19.1 Å². The van der Waals surface area contributed by atoms with E-state index in [4.69, 9.17) is 4.74 Å². The number of hydrogen-bond acceptors (Lipinski definition) is 5. The SMILES string of the molecule is CC1CN(C(=O)C(=O)Nc2cccc([N+](=O)[O-])c2)CC(c2ccccc2)O1. The van der Waals surface area contributed by atoms with Crippen LogP contribution in [0.25, 0.3) is 0 Å². The van der Waals surface area contributed by atoms with Gasteiger partial charge in [0.25, 0.3) is 5.69 Å². The number of carbonyl (C=O) groups is 2. The first-order valence-corrected chi connectivity index (χ1v) is 8.49. The van der Waals surface area contributed by atoms with Crippen molar-refractivity contribution in [1.29, 1.82) is 0 Å². The Morgan fingerprint density at radius 1 is 1.15 bits per heavy atom. The zero-order valence-electron chi connectivity index (χ0n) is 14.7. The van der Waals surface area contributed by atoms with E-state index in [0.29, 0.717) is 6.54 Å². The number of benzene rings is 2. The van der Waals surface area contributed by atoms with Gasteiger partial charge in [0.2, 0.25) is 0 Å². The number of amides is 2. The van der Waals surface area contributed by atoms with E-state index in [9.17, 15) is 19.7 Å². The highest BCUT2D eigenvalue weighted by atomic mass is 16.6. The predicted octanol–water partition coefficient (Wildman–Crippen LogP) is 2.52. The molecule has 2 aromatic carbocycles. The number of nitrogens with zero attached hydrogens (tertiary/aromatic N) is 2. The van der Waals surface area contributed by atoms with Crippen molar-refractivity contribution in [2.75, 3.05) is 18.4 Å². The molecule has 140 valence electrons. The van der Waals surface area contributed by atoms with Crippen LogP contribution in [-0.2, 0) is 14.3 Å². The molecule has 1 N–H and O–H groups in total. The summed E-state index contributed by atoms with van der Waals surface area (Å²) in [4.78, 5) is 36.6. The van der Waals surface area contributed by atoms with Crippen LogP contribution in [0.5, 0.6) is 0 Å². The number of nitro groups is 1. The van der Waals surface area contributed by atoms with Gasteiger partial charge >= 0.3 is 11.8 Å². The van der Waals surface area contributed by atoms with Crippen LogP contribution in [0.15, 0.2) is 54.6 Å². The van der Waals surface area contributed by atoms with E-state index in [-0.39, 0.29) is 30.1 Å². The number of carbonyl (C=O) groups excluding carboxylic acids is 2. The quantitative estimate of drug-likeness (QED) is 0.509. The van der Waals surface area contributed by atoms with Crippen molar-refractivity contribution in [3.05, 3.63) is 70.3 Å². The van der Waals surface area contributed by atoms with Gasteiger partial charge < -0.3 is 15.0 Å². The van der Waals surface area contributed by atoms with E-state index in [2.05, 4.69) is 5.32 Å². The number of morpholine rings is 1. The normalized spacial score (nSPS) is 19.4. The topological polar surface area (TPSA) is 102 Å². The summed E-state index contributed by atoms with van der Waals surface area (Å²) in [5.74, 6) is -1.53. The zero-order chi connectivity index (χ0) is 19.4. The van der Waals surface area contributed by atoms with Crippen molar-refractivity contribution < 1.29 is 19.2 Å². The molecule has 0 aromatic heterocycles. The highest BCUT2D eigenvalue weighted by molar-refractivity contribution is 6.39. The molecular weight excluding hydrogens is 350 g/mol. The van der Waals surface area contributed by atoms with Gasteiger partial charge in [-0.3, -0.25) is 19.7 Å². The molecule has 3 rings (SSSR count). The molecule has 0 aliphatic carbocycles. The van der Waals surface area contributed by atoms with Gasteiger partial charge in [0.05, 0.1) is 17.6 Å². The van der Waals surface area contributed by atoms with Crippen molar-refractivity contribution in [2.24, 2.45) is 0 Å². The lowest BCUT2D eigenvalue weighted by atomic mass is 10.1. The molecule has 1 fully saturated rings. The monoisotopic (exact) mass is 369 g/mol. The van der Waals surface area contributed by atoms with Gasteiger partial charge in [-0.25, -0.2) is 0 Å². The molecule has 0 radical (unpaired) electrons. The van der Waals surface area contributed by atoms with Crippen LogP contribution in [0.4, 0.5) is 11.4 Å². The summed E-state index contributed by atoms with van der Waals surface area (Å²) >= 11 is 0. The number of nitro benzene ring substituents is 1. The van der Waals surface area contributed by atoms with E-state index in [1.54, 1.807) is 0 Å². The first kappa shape index (κ1) is 18.5. The zero-order valence-corrected chi connectivity index (χ0v) is 14.7. The van der Waals surface area contributed by atoms with Crippen LogP contribution >= 0.6 is 0 Å². The van der Waals surface area contributed by atoms with Crippen molar-refractivity contribution in [3.63, 3.8) is 0 Å². The summed E-state index contributed by atoms with van der Waals surface area (Å²) in [6.07, 6.45) is -0.539. The Morgan fingerprint density at radius 2 is 1.89 bits per heavy atom. The molecule has 1 heterocycles. The fourth-order valence-corrected chi connectivity index (χ4v) is 2.99. The summed E-state index contributed by atoms with van der Waals surface area (Å²) in [6.45, 7) is 2.40. The lowest BCUT2D eigenvalue weighted by molar-refractivity contribution is -0.384. The maximum atomic E-state index is 12.6. The van der Waals surface area contributed by atoms with Crippen LogP contribution in [0.3, 0.4) is 0 Å². The van der Waals surface area contributed by atoms with E-state index >= 15 is 0 Å². The van der Waals surface area contributed by atoms with Crippen molar-refractivity contribution >= 4 is 23.2 Å². The molecule has 2 unspecified atom stereocenters. The predicted molar refractivity (Wildman–Crippen MR) is 98.0 cm³/mol. The lowest BCUT2D eigenvalue weighted by Crippen LogP contribution is -2.49. The van der Waals surface area contributed by atoms with E-state index in [0.717, 1.165) is 5.56 Å². The number of nitrogens with one attached hydrogen (secondary N) is 1. The Bertz CT molecular complexity index is 855. The van der Waals surface area contributed by atoms with E-state index in [1.807, 2.05) is 37.3 Å². The molecular formula is C19H19N3O5. The minimum Gasteiger partial charge on any atom is -0.367 e. The average molecular weight is 369 g/mol. The van der Waals surface area contributed by atoms with Crippen LogP contribution in [0, 0.1) is 10.1 Å². The molecule has 8 nitrogen and oxygen atoms in total. The molecule has 0 saturated carbocycles. The molecule has 27 heavy (non-hydrogen) atoms. The highest BCUT2D eigenvalue weighted by Gasteiger charge is 2.32. The second-order valence-corrected chi connectivity index (χ2v) is 6.32. The molecule has 2 atom stereocenters. The Morgan fingerprint density at radius 3 is 2.59 bits per heavy atom. The first-order chi connectivity index (χ1) is 12.9. The van der Waals surface area contributed by atoms with E-state index in [1.165, 1.54) is 29.2 Å². The van der Waals surface area contributed by atoms with Crippen LogP contribution in [0.1, 0.15) is 18.6 Å². The largest absolute Gasteiger partial charge is 0.367 e. The maximum Gasteiger partial charge on any atom is 0.313 e. The summed E-state index contributed by atoms with van der Waals surface area (Å²) < 4.78 is 5.89. The van der Waals surface area contributed by atoms with Gasteiger partial charge in [-0.2, -0.15) is 0 Å². The molecule has 0 bridgehead atoms. The summed E-state index contributed by atoms with van der Waals surface area (Å²) in [6, 6.07) is 14.9. The Kier molecular flexibility index (Phi) is 5.46. The third-order valence-corrected chi connectivity index (χ3v) is 4.23. The average Bonchev–Trinajstić information content (AvgIpc) is 2.67. The van der Waals surface area contributed by atoms with Gasteiger partial charge in [-0.15, -0.1) is 0 Å². The van der Waals surface area contributed by atoms with Crippen molar-refractivity contribution in [1.82, 2.24) is 4.90 Å². The minimum absolute atomic E-state index is 0.163. The fourth-order valence-electron chi connectivity index (χ4n) is 2.99. The second-order valence-electron chi connectivity index (χ2n) is 6.32. The van der Waals surface area contributed by atoms with Gasteiger partial charge in [-0.05, 0) is 18.6 Å². The maximum absolute atomic E-state index is 12.6. The summed E-state index contributed by atoms with van der Waals surface area (Å²) in [5, 5.41) is 13.3. The minimum atomic E-state index is -0.837. The number of hydrogen-bond donors (Lipinski definition) is 1. The third-order valence-electron chi connectivity index (χ3n) is 4.23. The van der Waals surface area contributed by atoms with Gasteiger partial charge in [0, 0.05) is 24.4 Å². The van der Waals surface area contributed by atoms with E-state index < -0.39 is 16.7 Å². The molecule has 1 aliphatic heterocycles. The van der Waals surface area contributed by atoms with Crippen LogP contribution < -0.4 is 5.32 Å². The number of non-ortho nitro benzene ring substituents is 1. The summed E-state index contributed by atoms with van der Waals surface area (Å²) in [5.41, 5.74) is 0.966. The first-order valence-electron chi connectivity index (χ1n) is 8.49. The third kappa shape index (κ3) is 4.48. The number of ether oxygens (including phenoxy) is 1. The molecule has 2 amide bonds. The second kappa shape index (κ2) is 7.96. The lowest BCUT2D eigenvalue weighted by Gasteiger charge is -2.36. The molecule has 1 aliphatic rings. The van der Waals surface area contributed by atoms with Crippen molar-refractivity contribution in [3.8, 4) is 0 Å². The Labute approximate surface area is 155 Å². The molecule has 1 saturated heterocycles. The van der Waals surface area contributed by atoms with Crippen LogP contribution in [-0.4, -0.2) is 40.8 Å². The van der Waals surface area contributed by atoms with Crippen LogP contribution in [0.2, 0.25) is 0 Å². The Balaban J connectivity index is 1.69. The fraction of sp³-hybridized carbons (Fsp3) is 0.263. The summed E-state index contributed by atoms with van der Waals surface area (Å²) in [7, 11) is 0. The standard InChI is InChI=1S/C19H19N3O5/c1-13-11-21(12-17(27-13)14-6-3-2-4-7-14)19(24)18(23)20-15-8-5-9-16(10-15)22(25)26/h2-10,13,17H,11-12H2,1H3,(H,20,23). The molecule has 8 heteroatoms. The number of anilines is 1. The Hall–Kier alpha value is -3.26. The highest BCUT2D eigenvalue weighted by Crippen LogP contribution is 2.25. The molecule has 2 aromatic rings.